The van der Waals surface area contributed by atoms with Crippen molar-refractivity contribution in [2.45, 2.75) is 121 Å². The molecule has 2 rings (SSSR count). The minimum atomic E-state index is -0.127. The van der Waals surface area contributed by atoms with Gasteiger partial charge in [0.15, 0.2) is 0 Å². The molecule has 0 aromatic rings. The van der Waals surface area contributed by atoms with Crippen molar-refractivity contribution in [1.82, 2.24) is 0 Å². The minimum absolute atomic E-state index is 0.125. The van der Waals surface area contributed by atoms with Crippen molar-refractivity contribution in [3.05, 3.63) is 47.6 Å². The van der Waals surface area contributed by atoms with Crippen LogP contribution in [0.25, 0.3) is 0 Å². The number of carbonyl (C=O) groups excluding carboxylic acids is 2. The molecule has 34 heavy (non-hydrogen) atoms. The van der Waals surface area contributed by atoms with Crippen LogP contribution in [0.2, 0.25) is 0 Å². The van der Waals surface area contributed by atoms with E-state index in [1.807, 2.05) is 19.9 Å². The third kappa shape index (κ3) is 9.51. The Morgan fingerprint density at radius 2 is 1.24 bits per heavy atom. The average Bonchev–Trinajstić information content (AvgIpc) is 2.78. The van der Waals surface area contributed by atoms with Gasteiger partial charge in [0.2, 0.25) is 0 Å². The summed E-state index contributed by atoms with van der Waals surface area (Å²) in [6.07, 6.45) is 17.5. The van der Waals surface area contributed by atoms with Crippen LogP contribution in [-0.2, 0) is 9.59 Å². The minimum Gasteiger partial charge on any atom is -0.299 e. The van der Waals surface area contributed by atoms with Crippen LogP contribution in [0.4, 0.5) is 0 Å². The highest BCUT2D eigenvalue weighted by atomic mass is 16.1. The standard InChI is InChI=1S/C16H26O.C14H22O.C2H6/c1-12(2)7-6-8-15-9-10-16(5,14(4)17)13(3)11-15;1-5-6-7-13-8-9-14(4,12(3)15)11(2)10-13;1-2/h7,11,13H,6,8-10H2,1-5H3;5,10-11H,1,6-9H2,2-4H3;1-2H3/t13-,16-;11-,14-;/m11./s1. The summed E-state index contributed by atoms with van der Waals surface area (Å²) in [4.78, 5) is 23.3. The first kappa shape index (κ1) is 32.3. The number of hydrogen-bond acceptors (Lipinski definition) is 2. The molecule has 0 aliphatic heterocycles. The van der Waals surface area contributed by atoms with Crippen molar-refractivity contribution >= 4 is 11.6 Å². The topological polar surface area (TPSA) is 34.1 Å². The molecular weight excluding hydrogens is 416 g/mol. The largest absolute Gasteiger partial charge is 0.299 e. The quantitative estimate of drug-likeness (QED) is 0.331. The molecule has 194 valence electrons. The molecule has 2 heteroatoms. The summed E-state index contributed by atoms with van der Waals surface area (Å²) in [6.45, 7) is 24.0. The molecule has 0 aromatic heterocycles. The molecule has 0 radical (unpaired) electrons. The van der Waals surface area contributed by atoms with Crippen LogP contribution >= 0.6 is 0 Å². The number of Topliss-reactive ketones (excluding diaryl/α,β-unsaturated/α-hetero) is 2. The first-order valence-corrected chi connectivity index (χ1v) is 13.5. The second kappa shape index (κ2) is 15.3. The van der Waals surface area contributed by atoms with Gasteiger partial charge in [0, 0.05) is 10.8 Å². The fourth-order valence-corrected chi connectivity index (χ4v) is 4.78. The van der Waals surface area contributed by atoms with Crippen molar-refractivity contribution in [2.24, 2.45) is 22.7 Å². The number of hydrogen-bond donors (Lipinski definition) is 0. The molecule has 2 nitrogen and oxygen atoms in total. The molecule has 0 spiro atoms. The molecule has 0 bridgehead atoms. The first-order valence-electron chi connectivity index (χ1n) is 13.5. The number of rotatable bonds is 8. The molecule has 0 N–H and O–H groups in total. The van der Waals surface area contributed by atoms with Crippen molar-refractivity contribution < 1.29 is 9.59 Å². The molecule has 0 aromatic carbocycles. The highest BCUT2D eigenvalue weighted by molar-refractivity contribution is 5.83. The zero-order chi connectivity index (χ0) is 26.5. The lowest BCUT2D eigenvalue weighted by atomic mass is 9.67. The van der Waals surface area contributed by atoms with E-state index in [2.05, 4.69) is 66.3 Å². The summed E-state index contributed by atoms with van der Waals surface area (Å²) < 4.78 is 0. The maximum Gasteiger partial charge on any atom is 0.136 e. The SMILES string of the molecule is C=CCCC1=C[C@@H](C)[C@](C)(C(C)=O)CC1.CC.CC(=O)[C@]1(C)CCC(CCC=C(C)C)=C[C@H]1C. The van der Waals surface area contributed by atoms with Crippen molar-refractivity contribution in [3.8, 4) is 0 Å². The molecule has 0 unspecified atom stereocenters. The zero-order valence-corrected chi connectivity index (χ0v) is 24.1. The van der Waals surface area contributed by atoms with E-state index in [9.17, 15) is 9.59 Å². The van der Waals surface area contributed by atoms with E-state index < -0.39 is 0 Å². The fraction of sp³-hybridized carbons (Fsp3) is 0.688. The molecule has 0 fully saturated rings. The second-order valence-corrected chi connectivity index (χ2v) is 10.8. The van der Waals surface area contributed by atoms with Crippen LogP contribution in [0.5, 0.6) is 0 Å². The molecule has 2 aliphatic carbocycles. The van der Waals surface area contributed by atoms with Crippen molar-refractivity contribution in [2.75, 3.05) is 0 Å². The summed E-state index contributed by atoms with van der Waals surface area (Å²) in [5, 5.41) is 0. The van der Waals surface area contributed by atoms with Gasteiger partial charge in [0.25, 0.3) is 0 Å². The predicted molar refractivity (Wildman–Crippen MR) is 150 cm³/mol. The van der Waals surface area contributed by atoms with Gasteiger partial charge in [0.1, 0.15) is 11.6 Å². The van der Waals surface area contributed by atoms with Crippen molar-refractivity contribution in [3.63, 3.8) is 0 Å². The summed E-state index contributed by atoms with van der Waals surface area (Å²) >= 11 is 0. The normalized spacial score (nSPS) is 28.1. The number of allylic oxidation sites excluding steroid dienone is 7. The number of carbonyl (C=O) groups is 2. The van der Waals surface area contributed by atoms with Gasteiger partial charge in [-0.2, -0.15) is 0 Å². The molecule has 2 aliphatic rings. The average molecular weight is 471 g/mol. The van der Waals surface area contributed by atoms with Gasteiger partial charge in [-0.3, -0.25) is 9.59 Å². The third-order valence-electron chi connectivity index (χ3n) is 8.21. The maximum absolute atomic E-state index is 11.7. The van der Waals surface area contributed by atoms with Crippen LogP contribution < -0.4 is 0 Å². The van der Waals surface area contributed by atoms with Gasteiger partial charge in [-0.25, -0.2) is 0 Å². The molecule has 0 heterocycles. The first-order chi connectivity index (χ1) is 15.9. The van der Waals surface area contributed by atoms with E-state index in [1.54, 1.807) is 13.8 Å². The molecule has 0 saturated carbocycles. The highest BCUT2D eigenvalue weighted by Crippen LogP contribution is 2.42. The Balaban J connectivity index is 0.000000601. The van der Waals surface area contributed by atoms with Gasteiger partial charge in [-0.15, -0.1) is 6.58 Å². The summed E-state index contributed by atoms with van der Waals surface area (Å²) in [6, 6.07) is 0. The summed E-state index contributed by atoms with van der Waals surface area (Å²) in [7, 11) is 0. The second-order valence-electron chi connectivity index (χ2n) is 10.8. The molecule has 0 saturated heterocycles. The van der Waals surface area contributed by atoms with E-state index in [0.717, 1.165) is 51.4 Å². The smallest absolute Gasteiger partial charge is 0.136 e. The van der Waals surface area contributed by atoms with E-state index >= 15 is 0 Å². The Morgan fingerprint density at radius 3 is 1.53 bits per heavy atom. The Labute approximate surface area is 212 Å². The van der Waals surface area contributed by atoms with Gasteiger partial charge in [-0.1, -0.05) is 82.6 Å². The lowest BCUT2D eigenvalue weighted by Gasteiger charge is -2.36. The Bertz CT molecular complexity index is 762. The monoisotopic (exact) mass is 470 g/mol. The van der Waals surface area contributed by atoms with Gasteiger partial charge < -0.3 is 0 Å². The Morgan fingerprint density at radius 1 is 0.853 bits per heavy atom. The van der Waals surface area contributed by atoms with Crippen molar-refractivity contribution in [1.29, 1.82) is 0 Å². The predicted octanol–water partition coefficient (Wildman–Crippen LogP) is 9.61. The van der Waals surface area contributed by atoms with Crippen LogP contribution in [0.3, 0.4) is 0 Å². The van der Waals surface area contributed by atoms with Crippen LogP contribution in [0.1, 0.15) is 121 Å². The van der Waals surface area contributed by atoms with Gasteiger partial charge >= 0.3 is 0 Å². The van der Waals surface area contributed by atoms with Crippen LogP contribution in [0, 0.1) is 22.7 Å². The number of ketones is 2. The van der Waals surface area contributed by atoms with E-state index in [4.69, 9.17) is 0 Å². The van der Waals surface area contributed by atoms with E-state index in [-0.39, 0.29) is 10.8 Å². The van der Waals surface area contributed by atoms with Crippen LogP contribution in [0.15, 0.2) is 47.6 Å². The zero-order valence-electron chi connectivity index (χ0n) is 24.1. The molecular formula is C32H54O2. The summed E-state index contributed by atoms with van der Waals surface area (Å²) in [5.74, 6) is 1.43. The highest BCUT2D eigenvalue weighted by Gasteiger charge is 2.38. The van der Waals surface area contributed by atoms with E-state index in [0.29, 0.717) is 23.4 Å². The van der Waals surface area contributed by atoms with E-state index in [1.165, 1.54) is 16.7 Å². The third-order valence-corrected chi connectivity index (χ3v) is 8.21. The van der Waals surface area contributed by atoms with Gasteiger partial charge in [-0.05, 0) is 90.9 Å². The van der Waals surface area contributed by atoms with Crippen LogP contribution in [-0.4, -0.2) is 11.6 Å². The molecule has 0 amide bonds. The summed E-state index contributed by atoms with van der Waals surface area (Å²) in [5.41, 5.74) is 4.18. The fourth-order valence-electron chi connectivity index (χ4n) is 4.78. The van der Waals surface area contributed by atoms with Gasteiger partial charge in [0.05, 0.1) is 0 Å². The molecule has 4 atom stereocenters. The Hall–Kier alpha value is -1.70. The maximum atomic E-state index is 11.7. The lowest BCUT2D eigenvalue weighted by Crippen LogP contribution is -2.34. The lowest BCUT2D eigenvalue weighted by molar-refractivity contribution is -0.128. The Kier molecular flexibility index (Phi) is 14.6.